The van der Waals surface area contributed by atoms with E-state index in [1.807, 2.05) is 39.1 Å². The van der Waals surface area contributed by atoms with Crippen LogP contribution in [0.1, 0.15) is 66.3 Å². The lowest BCUT2D eigenvalue weighted by atomic mass is 10.0. The molecule has 4 atom stereocenters. The van der Waals surface area contributed by atoms with Gasteiger partial charge < -0.3 is 24.8 Å². The largest absolute Gasteiger partial charge is 0.490 e. The molecule has 0 bridgehead atoms. The summed E-state index contributed by atoms with van der Waals surface area (Å²) in [6, 6.07) is 19.2. The van der Waals surface area contributed by atoms with Crippen LogP contribution in [-0.4, -0.2) is 78.3 Å². The molecule has 1 aliphatic heterocycles. The molecule has 46 heavy (non-hydrogen) atoms. The molecule has 1 aliphatic rings. The SMILES string of the molecule is C[C@@H]1CN([C@H](C)CO)C(=O)c2cc(NC(=O)c3ccccc3)ccc2O[C@@H](C)CCCCO[C@@H]1CN(C)Cc1ccc(Cl)c(Cl)c1. The second-order valence-corrected chi connectivity index (χ2v) is 13.1. The van der Waals surface area contributed by atoms with Gasteiger partial charge >= 0.3 is 0 Å². The third-order valence-electron chi connectivity index (χ3n) is 8.27. The van der Waals surface area contributed by atoms with Crippen molar-refractivity contribution in [3.8, 4) is 5.75 Å². The van der Waals surface area contributed by atoms with E-state index in [1.54, 1.807) is 53.4 Å². The van der Waals surface area contributed by atoms with Crippen molar-refractivity contribution in [2.24, 2.45) is 5.92 Å². The first-order valence-corrected chi connectivity index (χ1v) is 16.6. The van der Waals surface area contributed by atoms with Crippen LogP contribution < -0.4 is 10.1 Å². The number of carbonyl (C=O) groups excluding carboxylic acids is 2. The first-order valence-electron chi connectivity index (χ1n) is 15.9. The van der Waals surface area contributed by atoms with Gasteiger partial charge in [0.2, 0.25) is 0 Å². The molecule has 2 amide bonds. The molecular formula is C36H45Cl2N3O5. The van der Waals surface area contributed by atoms with Crippen molar-refractivity contribution in [3.05, 3.63) is 93.5 Å². The van der Waals surface area contributed by atoms with Gasteiger partial charge in [-0.2, -0.15) is 0 Å². The first kappa shape index (κ1) is 35.7. The topological polar surface area (TPSA) is 91.3 Å². The fourth-order valence-corrected chi connectivity index (χ4v) is 5.90. The average molecular weight is 671 g/mol. The number of nitrogens with one attached hydrogen (secondary N) is 1. The van der Waals surface area contributed by atoms with Crippen molar-refractivity contribution in [2.45, 2.75) is 64.8 Å². The predicted octanol–water partition coefficient (Wildman–Crippen LogP) is 7.17. The molecule has 0 aromatic heterocycles. The third kappa shape index (κ3) is 9.93. The quantitative estimate of drug-likeness (QED) is 0.264. The molecule has 2 N–H and O–H groups in total. The van der Waals surface area contributed by atoms with Gasteiger partial charge in [0.05, 0.1) is 40.5 Å². The molecule has 1 heterocycles. The number of rotatable bonds is 8. The van der Waals surface area contributed by atoms with Gasteiger partial charge in [0.15, 0.2) is 0 Å². The summed E-state index contributed by atoms with van der Waals surface area (Å²) >= 11 is 12.4. The Labute approximate surface area is 282 Å². The van der Waals surface area contributed by atoms with Crippen LogP contribution in [0.4, 0.5) is 5.69 Å². The summed E-state index contributed by atoms with van der Waals surface area (Å²) in [5.74, 6) is -0.181. The summed E-state index contributed by atoms with van der Waals surface area (Å²) in [5, 5.41) is 14.2. The minimum absolute atomic E-state index is 0.0681. The molecule has 0 radical (unpaired) electrons. The van der Waals surface area contributed by atoms with Crippen LogP contribution in [0.5, 0.6) is 5.75 Å². The smallest absolute Gasteiger partial charge is 0.258 e. The van der Waals surface area contributed by atoms with E-state index in [9.17, 15) is 14.7 Å². The number of fused-ring (bicyclic) bond motifs is 1. The van der Waals surface area contributed by atoms with Crippen molar-refractivity contribution in [1.29, 1.82) is 0 Å². The molecule has 10 heteroatoms. The highest BCUT2D eigenvalue weighted by Gasteiger charge is 2.30. The van der Waals surface area contributed by atoms with Crippen molar-refractivity contribution in [1.82, 2.24) is 9.80 Å². The number of anilines is 1. The van der Waals surface area contributed by atoms with Gasteiger partial charge in [0.25, 0.3) is 11.8 Å². The normalized spacial score (nSPS) is 20.4. The lowest BCUT2D eigenvalue weighted by Crippen LogP contribution is -2.47. The Kier molecular flexibility index (Phi) is 13.3. The molecular weight excluding hydrogens is 625 g/mol. The summed E-state index contributed by atoms with van der Waals surface area (Å²) < 4.78 is 12.8. The molecule has 0 unspecified atom stereocenters. The minimum atomic E-state index is -0.467. The molecule has 0 fully saturated rings. The average Bonchev–Trinajstić information content (AvgIpc) is 3.04. The zero-order valence-electron chi connectivity index (χ0n) is 27.0. The number of amides is 2. The lowest BCUT2D eigenvalue weighted by Gasteiger charge is -2.36. The maximum Gasteiger partial charge on any atom is 0.258 e. The van der Waals surface area contributed by atoms with E-state index < -0.39 is 6.04 Å². The van der Waals surface area contributed by atoms with E-state index in [4.69, 9.17) is 32.7 Å². The number of carbonyl (C=O) groups is 2. The van der Waals surface area contributed by atoms with Crippen LogP contribution in [0, 0.1) is 5.92 Å². The zero-order chi connectivity index (χ0) is 33.2. The molecule has 8 nitrogen and oxygen atoms in total. The van der Waals surface area contributed by atoms with E-state index >= 15 is 0 Å². The van der Waals surface area contributed by atoms with Crippen LogP contribution in [0.2, 0.25) is 10.0 Å². The summed E-state index contributed by atoms with van der Waals surface area (Å²) in [7, 11) is 2.03. The number of benzene rings is 3. The highest BCUT2D eigenvalue weighted by Crippen LogP contribution is 2.29. The molecule has 248 valence electrons. The van der Waals surface area contributed by atoms with Gasteiger partial charge in [0.1, 0.15) is 5.75 Å². The molecule has 3 aromatic carbocycles. The summed E-state index contributed by atoms with van der Waals surface area (Å²) in [6.45, 7) is 7.89. The molecule has 0 spiro atoms. The molecule has 3 aromatic rings. The number of aliphatic hydroxyl groups is 1. The van der Waals surface area contributed by atoms with E-state index in [0.717, 1.165) is 24.8 Å². The first-order chi connectivity index (χ1) is 22.0. The predicted molar refractivity (Wildman–Crippen MR) is 184 cm³/mol. The second-order valence-electron chi connectivity index (χ2n) is 12.3. The number of halogens is 2. The number of nitrogens with zero attached hydrogens (tertiary/aromatic N) is 2. The highest BCUT2D eigenvalue weighted by molar-refractivity contribution is 6.42. The number of aliphatic hydroxyl groups excluding tert-OH is 1. The van der Waals surface area contributed by atoms with Crippen LogP contribution in [-0.2, 0) is 11.3 Å². The fraction of sp³-hybridized carbons (Fsp3) is 0.444. The maximum absolute atomic E-state index is 14.3. The monoisotopic (exact) mass is 669 g/mol. The van der Waals surface area contributed by atoms with Gasteiger partial charge in [0, 0.05) is 43.4 Å². The van der Waals surface area contributed by atoms with Crippen LogP contribution in [0.25, 0.3) is 0 Å². The number of hydrogen-bond acceptors (Lipinski definition) is 6. The van der Waals surface area contributed by atoms with Crippen molar-refractivity contribution in [2.75, 3.05) is 38.7 Å². The highest BCUT2D eigenvalue weighted by atomic mass is 35.5. The minimum Gasteiger partial charge on any atom is -0.490 e. The third-order valence-corrected chi connectivity index (χ3v) is 9.01. The Balaban J connectivity index is 1.60. The van der Waals surface area contributed by atoms with Gasteiger partial charge in [-0.3, -0.25) is 14.5 Å². The van der Waals surface area contributed by atoms with E-state index in [2.05, 4.69) is 17.1 Å². The Morgan fingerprint density at radius 3 is 2.54 bits per heavy atom. The fourth-order valence-electron chi connectivity index (χ4n) is 5.58. The Morgan fingerprint density at radius 1 is 1.07 bits per heavy atom. The summed E-state index contributed by atoms with van der Waals surface area (Å²) in [4.78, 5) is 31.1. The van der Waals surface area contributed by atoms with Crippen molar-refractivity contribution >= 4 is 40.7 Å². The van der Waals surface area contributed by atoms with Gasteiger partial charge in [-0.25, -0.2) is 0 Å². The van der Waals surface area contributed by atoms with E-state index in [0.29, 0.717) is 58.9 Å². The second kappa shape index (κ2) is 17.1. The molecule has 0 saturated heterocycles. The van der Waals surface area contributed by atoms with Gasteiger partial charge in [-0.15, -0.1) is 0 Å². The van der Waals surface area contributed by atoms with Gasteiger partial charge in [-0.1, -0.05) is 54.4 Å². The number of hydrogen-bond donors (Lipinski definition) is 2. The zero-order valence-corrected chi connectivity index (χ0v) is 28.6. The van der Waals surface area contributed by atoms with Crippen molar-refractivity contribution < 1.29 is 24.2 Å². The van der Waals surface area contributed by atoms with Crippen LogP contribution in [0.3, 0.4) is 0 Å². The van der Waals surface area contributed by atoms with Crippen LogP contribution in [0.15, 0.2) is 66.7 Å². The standard InChI is InChI=1S/C36H45Cl2N3O5/c1-24-20-41(25(2)23-42)36(44)30-19-29(39-35(43)28-11-6-5-7-12-28)14-16-33(30)46-26(3)10-8-9-17-45-34(24)22-40(4)21-27-13-15-31(37)32(38)18-27/h5-7,11-16,18-19,24-26,34,42H,8-10,17,20-23H2,1-4H3,(H,39,43)/t24-,25-,26+,34-/m1/s1. The number of likely N-dealkylation sites (N-methyl/N-ethyl adjacent to an activating group) is 1. The van der Waals surface area contributed by atoms with Crippen molar-refractivity contribution in [3.63, 3.8) is 0 Å². The number of ether oxygens (including phenoxy) is 2. The summed E-state index contributed by atoms with van der Waals surface area (Å²) in [6.07, 6.45) is 2.25. The van der Waals surface area contributed by atoms with E-state index in [1.165, 1.54) is 0 Å². The van der Waals surface area contributed by atoms with Gasteiger partial charge in [-0.05, 0) is 88.2 Å². The maximum atomic E-state index is 14.3. The van der Waals surface area contributed by atoms with Crippen LogP contribution >= 0.6 is 23.2 Å². The van der Waals surface area contributed by atoms with E-state index in [-0.39, 0.29) is 36.5 Å². The Morgan fingerprint density at radius 2 is 1.83 bits per heavy atom. The molecule has 0 saturated carbocycles. The molecule has 0 aliphatic carbocycles. The molecule has 4 rings (SSSR count). The lowest BCUT2D eigenvalue weighted by molar-refractivity contribution is -0.0177. The Hall–Kier alpha value is -3.14. The Bertz CT molecular complexity index is 1460. The summed E-state index contributed by atoms with van der Waals surface area (Å²) in [5.41, 5.74) is 2.36.